The van der Waals surface area contributed by atoms with Gasteiger partial charge in [0.1, 0.15) is 0 Å². The van der Waals surface area contributed by atoms with Crippen LogP contribution in [0.4, 0.5) is 11.4 Å². The van der Waals surface area contributed by atoms with Crippen LogP contribution in [0.2, 0.25) is 0 Å². The molecule has 0 radical (unpaired) electrons. The van der Waals surface area contributed by atoms with Crippen LogP contribution in [0.25, 0.3) is 0 Å². The highest BCUT2D eigenvalue weighted by atomic mass is 16.6. The van der Waals surface area contributed by atoms with E-state index in [1.54, 1.807) is 12.1 Å². The first kappa shape index (κ1) is 26.3. The molecule has 11 nitrogen and oxygen atoms in total. The first-order valence-corrected chi connectivity index (χ1v) is 13.0. The number of piperazine rings is 1. The number of nitrogens with one attached hydrogen (secondary N) is 2. The van der Waals surface area contributed by atoms with Crippen molar-refractivity contribution in [2.45, 2.75) is 38.8 Å². The standard InChI is InChI=1S/C25H38N6O5/c1-18(2)27-24(32)17-29-8-9-30-22-5-4-20(31(34)35)14-19(22)15-21(23(30)16-29)25(33)26-6-3-7-28-10-12-36-13-11-28/h4-5,14,18,21,23H,3,6-13,15-17H2,1-2H3,(H,26,33)(H,27,32)/t21-,23-/m0/s1. The number of carbonyl (C=O) groups excluding carboxylic acids is 2. The molecule has 36 heavy (non-hydrogen) atoms. The lowest BCUT2D eigenvalue weighted by Gasteiger charge is -2.49. The number of hydrogen-bond donors (Lipinski definition) is 2. The van der Waals surface area contributed by atoms with Gasteiger partial charge >= 0.3 is 0 Å². The number of rotatable bonds is 9. The van der Waals surface area contributed by atoms with Crippen LogP contribution in [0.15, 0.2) is 18.2 Å². The maximum Gasteiger partial charge on any atom is 0.269 e. The van der Waals surface area contributed by atoms with Crippen LogP contribution in [0.1, 0.15) is 25.8 Å². The van der Waals surface area contributed by atoms with E-state index >= 15 is 0 Å². The van der Waals surface area contributed by atoms with E-state index in [2.05, 4.69) is 25.3 Å². The molecule has 2 N–H and O–H groups in total. The fourth-order valence-electron chi connectivity index (χ4n) is 5.47. The summed E-state index contributed by atoms with van der Waals surface area (Å²) >= 11 is 0. The predicted molar refractivity (Wildman–Crippen MR) is 136 cm³/mol. The second-order valence-corrected chi connectivity index (χ2v) is 10.2. The van der Waals surface area contributed by atoms with Crippen molar-refractivity contribution in [1.82, 2.24) is 20.4 Å². The smallest absolute Gasteiger partial charge is 0.269 e. The molecule has 3 heterocycles. The van der Waals surface area contributed by atoms with Crippen molar-refractivity contribution >= 4 is 23.2 Å². The molecule has 1 aromatic carbocycles. The molecule has 0 saturated carbocycles. The van der Waals surface area contributed by atoms with Crippen LogP contribution in [-0.2, 0) is 20.7 Å². The van der Waals surface area contributed by atoms with Crippen molar-refractivity contribution < 1.29 is 19.2 Å². The third-order valence-corrected chi connectivity index (χ3v) is 7.20. The number of nitro benzene ring substituents is 1. The molecule has 2 fully saturated rings. The number of amides is 2. The number of anilines is 1. The van der Waals surface area contributed by atoms with Gasteiger partial charge in [-0.15, -0.1) is 0 Å². The number of benzene rings is 1. The van der Waals surface area contributed by atoms with Gasteiger partial charge in [0.05, 0.1) is 36.6 Å². The van der Waals surface area contributed by atoms with E-state index in [9.17, 15) is 19.7 Å². The zero-order valence-electron chi connectivity index (χ0n) is 21.3. The van der Waals surface area contributed by atoms with Gasteiger partial charge < -0.3 is 20.3 Å². The van der Waals surface area contributed by atoms with Gasteiger partial charge in [0.2, 0.25) is 11.8 Å². The molecule has 11 heteroatoms. The third-order valence-electron chi connectivity index (χ3n) is 7.20. The Hall–Kier alpha value is -2.76. The van der Waals surface area contributed by atoms with E-state index in [4.69, 9.17) is 4.74 Å². The van der Waals surface area contributed by atoms with Gasteiger partial charge in [-0.1, -0.05) is 0 Å². The highest BCUT2D eigenvalue weighted by molar-refractivity contribution is 5.82. The Morgan fingerprint density at radius 1 is 1.17 bits per heavy atom. The number of carbonyl (C=O) groups is 2. The molecule has 2 atom stereocenters. The first-order valence-electron chi connectivity index (χ1n) is 13.0. The van der Waals surface area contributed by atoms with Gasteiger partial charge in [-0.05, 0) is 44.9 Å². The number of nitro groups is 1. The lowest BCUT2D eigenvalue weighted by atomic mass is 9.83. The number of morpholine rings is 1. The third kappa shape index (κ3) is 6.51. The molecule has 0 bridgehead atoms. The Kier molecular flexibility index (Phi) is 8.76. The van der Waals surface area contributed by atoms with E-state index in [1.807, 2.05) is 13.8 Å². The summed E-state index contributed by atoms with van der Waals surface area (Å²) in [7, 11) is 0. The molecule has 2 amide bonds. The van der Waals surface area contributed by atoms with Crippen LogP contribution in [-0.4, -0.2) is 104 Å². The first-order chi connectivity index (χ1) is 17.3. The lowest BCUT2D eigenvalue weighted by molar-refractivity contribution is -0.384. The van der Waals surface area contributed by atoms with Gasteiger partial charge in [-0.3, -0.25) is 29.5 Å². The molecular formula is C25H38N6O5. The number of nitrogens with zero attached hydrogens (tertiary/aromatic N) is 4. The van der Waals surface area contributed by atoms with E-state index in [0.717, 1.165) is 50.5 Å². The number of ether oxygens (including phenoxy) is 1. The average molecular weight is 503 g/mol. The van der Waals surface area contributed by atoms with Crippen molar-refractivity contribution in [3.63, 3.8) is 0 Å². The summed E-state index contributed by atoms with van der Waals surface area (Å²) in [5.41, 5.74) is 1.83. The molecule has 0 aromatic heterocycles. The highest BCUT2D eigenvalue weighted by Gasteiger charge is 2.42. The lowest BCUT2D eigenvalue weighted by Crippen LogP contribution is -2.62. The Morgan fingerprint density at radius 2 is 1.94 bits per heavy atom. The molecule has 0 unspecified atom stereocenters. The second-order valence-electron chi connectivity index (χ2n) is 10.2. The predicted octanol–water partition coefficient (Wildman–Crippen LogP) is 0.621. The molecule has 0 spiro atoms. The minimum Gasteiger partial charge on any atom is -0.379 e. The summed E-state index contributed by atoms with van der Waals surface area (Å²) in [5.74, 6) is -0.397. The molecule has 198 valence electrons. The molecule has 2 saturated heterocycles. The number of fused-ring (bicyclic) bond motifs is 3. The van der Waals surface area contributed by atoms with Gasteiger partial charge in [0, 0.05) is 63.1 Å². The van der Waals surface area contributed by atoms with Crippen molar-refractivity contribution in [2.75, 3.05) is 70.5 Å². The van der Waals surface area contributed by atoms with Crippen LogP contribution in [0.5, 0.6) is 0 Å². The molecule has 3 aliphatic heterocycles. The summed E-state index contributed by atoms with van der Waals surface area (Å²) in [6.45, 7) is 11.0. The molecule has 0 aliphatic carbocycles. The minimum absolute atomic E-state index is 0.0191. The van der Waals surface area contributed by atoms with Crippen LogP contribution < -0.4 is 15.5 Å². The summed E-state index contributed by atoms with van der Waals surface area (Å²) in [4.78, 5) is 43.4. The fourth-order valence-corrected chi connectivity index (χ4v) is 5.47. The van der Waals surface area contributed by atoms with Crippen LogP contribution >= 0.6 is 0 Å². The normalized spacial score (nSPS) is 22.6. The Morgan fingerprint density at radius 3 is 2.67 bits per heavy atom. The number of hydrogen-bond acceptors (Lipinski definition) is 8. The molecular weight excluding hydrogens is 464 g/mol. The van der Waals surface area contributed by atoms with Gasteiger partial charge in [-0.25, -0.2) is 0 Å². The second kappa shape index (κ2) is 12.0. The summed E-state index contributed by atoms with van der Waals surface area (Å²) < 4.78 is 5.39. The van der Waals surface area contributed by atoms with Crippen molar-refractivity contribution in [2.24, 2.45) is 5.92 Å². The minimum atomic E-state index is -0.391. The Labute approximate surface area is 212 Å². The molecule has 4 rings (SSSR count). The Bertz CT molecular complexity index is 951. The maximum atomic E-state index is 13.4. The van der Waals surface area contributed by atoms with Crippen molar-refractivity contribution in [3.05, 3.63) is 33.9 Å². The van der Waals surface area contributed by atoms with E-state index in [-0.39, 0.29) is 35.5 Å². The van der Waals surface area contributed by atoms with Gasteiger partial charge in [0.15, 0.2) is 0 Å². The van der Waals surface area contributed by atoms with Crippen LogP contribution in [0, 0.1) is 16.0 Å². The molecule has 3 aliphatic rings. The largest absolute Gasteiger partial charge is 0.379 e. The summed E-state index contributed by atoms with van der Waals surface area (Å²) in [6.07, 6.45) is 1.30. The monoisotopic (exact) mass is 502 g/mol. The SMILES string of the molecule is CC(C)NC(=O)CN1CCN2c3ccc([N+](=O)[O-])cc3C[C@H](C(=O)NCCCN3CCOCC3)[C@@H]2C1. The number of non-ortho nitro benzene ring substituents is 1. The summed E-state index contributed by atoms with van der Waals surface area (Å²) in [5, 5.41) is 17.4. The zero-order valence-corrected chi connectivity index (χ0v) is 21.3. The Balaban J connectivity index is 1.44. The highest BCUT2D eigenvalue weighted by Crippen LogP contribution is 2.37. The molecule has 1 aromatic rings. The van der Waals surface area contributed by atoms with E-state index < -0.39 is 4.92 Å². The van der Waals surface area contributed by atoms with Crippen molar-refractivity contribution in [3.8, 4) is 0 Å². The quantitative estimate of drug-likeness (QED) is 0.287. The van der Waals surface area contributed by atoms with Gasteiger partial charge in [-0.2, -0.15) is 0 Å². The topological polar surface area (TPSA) is 120 Å². The van der Waals surface area contributed by atoms with E-state index in [0.29, 0.717) is 39.1 Å². The van der Waals surface area contributed by atoms with Crippen LogP contribution in [0.3, 0.4) is 0 Å². The fraction of sp³-hybridized carbons (Fsp3) is 0.680. The van der Waals surface area contributed by atoms with E-state index in [1.165, 1.54) is 6.07 Å². The average Bonchev–Trinajstić information content (AvgIpc) is 2.85. The summed E-state index contributed by atoms with van der Waals surface area (Å²) in [6, 6.07) is 4.92. The zero-order chi connectivity index (χ0) is 25.7. The maximum absolute atomic E-state index is 13.4. The van der Waals surface area contributed by atoms with Gasteiger partial charge in [0.25, 0.3) is 5.69 Å². The van der Waals surface area contributed by atoms with Crippen molar-refractivity contribution in [1.29, 1.82) is 0 Å².